The highest BCUT2D eigenvalue weighted by Gasteiger charge is 1.89. The number of hydrazone groups is 1. The summed E-state index contributed by atoms with van der Waals surface area (Å²) in [5.74, 6) is 0. The Kier molecular flexibility index (Phi) is 6.25. The molecule has 0 bridgehead atoms. The topological polar surface area (TPSA) is 37.3 Å². The minimum atomic E-state index is 0.817. The second kappa shape index (κ2) is 7.79. The van der Waals surface area contributed by atoms with Crippen LogP contribution in [-0.4, -0.2) is 11.2 Å². The molecule has 4 heteroatoms. The quantitative estimate of drug-likeness (QED) is 0.465. The Bertz CT molecular complexity index is 398. The molecule has 0 aliphatic heterocycles. The number of aromatic nitrogens is 1. The van der Waals surface area contributed by atoms with E-state index >= 15 is 0 Å². The van der Waals surface area contributed by atoms with Crippen LogP contribution < -0.4 is 5.43 Å². The number of thiazole rings is 1. The number of hydrogen-bond acceptors (Lipinski definition) is 4. The summed E-state index contributed by atoms with van der Waals surface area (Å²) in [7, 11) is 0. The molecule has 1 rings (SSSR count). The molecule has 0 saturated heterocycles. The molecule has 0 fully saturated rings. The molecule has 0 aliphatic carbocycles. The van der Waals surface area contributed by atoms with Crippen LogP contribution in [-0.2, 0) is 0 Å². The van der Waals surface area contributed by atoms with Crippen molar-refractivity contribution in [2.24, 2.45) is 5.10 Å². The monoisotopic (exact) mass is 249 g/mol. The summed E-state index contributed by atoms with van der Waals surface area (Å²) in [6, 6.07) is 0. The minimum absolute atomic E-state index is 0.817. The summed E-state index contributed by atoms with van der Waals surface area (Å²) >= 11 is 1.53. The van der Waals surface area contributed by atoms with E-state index in [0.717, 1.165) is 18.0 Å². The zero-order chi connectivity index (χ0) is 12.5. The van der Waals surface area contributed by atoms with Crippen LogP contribution in [0.1, 0.15) is 33.6 Å². The Morgan fingerprint density at radius 1 is 1.47 bits per heavy atom. The van der Waals surface area contributed by atoms with Gasteiger partial charge < -0.3 is 0 Å². The molecule has 0 radical (unpaired) electrons. The van der Waals surface area contributed by atoms with Crippen molar-refractivity contribution in [1.29, 1.82) is 0 Å². The van der Waals surface area contributed by atoms with Crippen molar-refractivity contribution in [3.8, 4) is 0 Å². The molecule has 3 nitrogen and oxygen atoms in total. The Hall–Kier alpha value is -1.42. The van der Waals surface area contributed by atoms with Crippen molar-refractivity contribution in [1.82, 2.24) is 4.98 Å². The number of nitrogens with zero attached hydrogens (tertiary/aromatic N) is 2. The molecule has 92 valence electrons. The number of rotatable bonds is 6. The van der Waals surface area contributed by atoms with Gasteiger partial charge >= 0.3 is 0 Å². The molecule has 1 aromatic heterocycles. The summed E-state index contributed by atoms with van der Waals surface area (Å²) in [4.78, 5) is 4.07. The highest BCUT2D eigenvalue weighted by atomic mass is 32.1. The van der Waals surface area contributed by atoms with Gasteiger partial charge in [0.1, 0.15) is 0 Å². The largest absolute Gasteiger partial charge is 0.253 e. The van der Waals surface area contributed by atoms with E-state index in [1.54, 1.807) is 12.4 Å². The van der Waals surface area contributed by atoms with Gasteiger partial charge in [-0.15, -0.1) is 11.3 Å². The zero-order valence-electron chi connectivity index (χ0n) is 10.6. The van der Waals surface area contributed by atoms with Gasteiger partial charge in [0.05, 0.1) is 0 Å². The standard InChI is InChI=1S/C13H19N3S/c1-11(2)5-4-6-12(3)7-8-15-16-13-14-9-10-17-13/h5,7-10H,4,6H2,1-3H3,(H,14,16). The van der Waals surface area contributed by atoms with E-state index < -0.39 is 0 Å². The lowest BCUT2D eigenvalue weighted by molar-refractivity contribution is 0.969. The lowest BCUT2D eigenvalue weighted by atomic mass is 10.1. The number of nitrogens with one attached hydrogen (secondary N) is 1. The van der Waals surface area contributed by atoms with E-state index in [4.69, 9.17) is 0 Å². The lowest BCUT2D eigenvalue weighted by Crippen LogP contribution is -1.87. The van der Waals surface area contributed by atoms with Crippen LogP contribution in [0.5, 0.6) is 0 Å². The molecule has 17 heavy (non-hydrogen) atoms. The minimum Gasteiger partial charge on any atom is -0.253 e. The maximum atomic E-state index is 4.08. The maximum Gasteiger partial charge on any atom is 0.203 e. The first-order valence-corrected chi connectivity index (χ1v) is 6.54. The van der Waals surface area contributed by atoms with Crippen LogP contribution in [0.4, 0.5) is 5.13 Å². The molecule has 0 atom stereocenters. The second-order valence-electron chi connectivity index (χ2n) is 4.06. The summed E-state index contributed by atoms with van der Waals surface area (Å²) < 4.78 is 0. The Balaban J connectivity index is 2.27. The van der Waals surface area contributed by atoms with E-state index in [1.807, 2.05) is 11.5 Å². The SMILES string of the molecule is CC(C)=CCCC(C)=CC=NNc1nccs1. The van der Waals surface area contributed by atoms with E-state index in [1.165, 1.54) is 22.5 Å². The second-order valence-corrected chi connectivity index (χ2v) is 4.95. The first-order chi connectivity index (χ1) is 8.18. The molecule has 0 amide bonds. The van der Waals surface area contributed by atoms with Crippen LogP contribution in [0.25, 0.3) is 0 Å². The van der Waals surface area contributed by atoms with E-state index in [9.17, 15) is 0 Å². The van der Waals surface area contributed by atoms with Gasteiger partial charge in [-0.3, -0.25) is 5.43 Å². The molecule has 1 heterocycles. The third-order valence-corrected chi connectivity index (χ3v) is 2.80. The van der Waals surface area contributed by atoms with E-state index in [2.05, 4.69) is 42.4 Å². The first-order valence-electron chi connectivity index (χ1n) is 5.66. The maximum absolute atomic E-state index is 4.08. The fourth-order valence-electron chi connectivity index (χ4n) is 1.21. The Morgan fingerprint density at radius 3 is 2.94 bits per heavy atom. The normalized spacial score (nSPS) is 11.8. The van der Waals surface area contributed by atoms with Gasteiger partial charge in [0.2, 0.25) is 5.13 Å². The first kappa shape index (κ1) is 13.6. The third kappa shape index (κ3) is 6.68. The molecule has 1 aromatic rings. The van der Waals surface area contributed by atoms with Gasteiger partial charge in [0, 0.05) is 17.8 Å². The van der Waals surface area contributed by atoms with E-state index in [-0.39, 0.29) is 0 Å². The summed E-state index contributed by atoms with van der Waals surface area (Å²) in [6.45, 7) is 6.37. The van der Waals surface area contributed by atoms with Crippen LogP contribution in [0.15, 0.2) is 40.0 Å². The molecule has 0 saturated carbocycles. The van der Waals surface area contributed by atoms with Gasteiger partial charge in [-0.1, -0.05) is 17.2 Å². The number of allylic oxidation sites excluding steroid dienone is 4. The van der Waals surface area contributed by atoms with Crippen molar-refractivity contribution in [2.45, 2.75) is 33.6 Å². The molecule has 0 spiro atoms. The number of hydrogen-bond donors (Lipinski definition) is 1. The van der Waals surface area contributed by atoms with Gasteiger partial charge in [-0.25, -0.2) is 4.98 Å². The predicted octanol–water partition coefficient (Wildman–Crippen LogP) is 4.23. The summed E-state index contributed by atoms with van der Waals surface area (Å²) in [5.41, 5.74) is 5.57. The van der Waals surface area contributed by atoms with E-state index in [0.29, 0.717) is 0 Å². The van der Waals surface area contributed by atoms with Crippen LogP contribution in [0.2, 0.25) is 0 Å². The van der Waals surface area contributed by atoms with Crippen molar-refractivity contribution in [2.75, 3.05) is 5.43 Å². The lowest BCUT2D eigenvalue weighted by Gasteiger charge is -1.96. The van der Waals surface area contributed by atoms with Crippen molar-refractivity contribution < 1.29 is 0 Å². The predicted molar refractivity (Wildman–Crippen MR) is 76.7 cm³/mol. The van der Waals surface area contributed by atoms with Crippen molar-refractivity contribution in [3.05, 3.63) is 34.9 Å². The van der Waals surface area contributed by atoms with Gasteiger partial charge in [0.15, 0.2) is 0 Å². The zero-order valence-corrected chi connectivity index (χ0v) is 11.4. The molecule has 0 unspecified atom stereocenters. The molecule has 0 aromatic carbocycles. The molecule has 1 N–H and O–H groups in total. The number of anilines is 1. The van der Waals surface area contributed by atoms with Crippen molar-refractivity contribution >= 4 is 22.7 Å². The summed E-state index contributed by atoms with van der Waals surface area (Å²) in [6.07, 6.45) is 9.98. The van der Waals surface area contributed by atoms with Gasteiger partial charge in [0.25, 0.3) is 0 Å². The van der Waals surface area contributed by atoms with Crippen LogP contribution in [0.3, 0.4) is 0 Å². The van der Waals surface area contributed by atoms with Gasteiger partial charge in [-0.2, -0.15) is 5.10 Å². The smallest absolute Gasteiger partial charge is 0.203 e. The van der Waals surface area contributed by atoms with Gasteiger partial charge in [-0.05, 0) is 39.7 Å². The third-order valence-electron chi connectivity index (χ3n) is 2.12. The van der Waals surface area contributed by atoms with Crippen LogP contribution in [0, 0.1) is 0 Å². The summed E-state index contributed by atoms with van der Waals surface area (Å²) in [5, 5.41) is 6.81. The average Bonchev–Trinajstić information content (AvgIpc) is 2.76. The fourth-order valence-corrected chi connectivity index (χ4v) is 1.69. The van der Waals surface area contributed by atoms with Crippen molar-refractivity contribution in [3.63, 3.8) is 0 Å². The van der Waals surface area contributed by atoms with Crippen LogP contribution >= 0.6 is 11.3 Å². The molecule has 0 aliphatic rings. The molecular formula is C13H19N3S. The highest BCUT2D eigenvalue weighted by molar-refractivity contribution is 7.13. The molecular weight excluding hydrogens is 230 g/mol. The Labute approximate surface area is 107 Å². The average molecular weight is 249 g/mol. The Morgan fingerprint density at radius 2 is 2.29 bits per heavy atom. The fraction of sp³-hybridized carbons (Fsp3) is 0.385. The highest BCUT2D eigenvalue weighted by Crippen LogP contribution is 2.09.